The summed E-state index contributed by atoms with van der Waals surface area (Å²) in [6, 6.07) is 7.24. The van der Waals surface area contributed by atoms with Gasteiger partial charge in [0.15, 0.2) is 0 Å². The summed E-state index contributed by atoms with van der Waals surface area (Å²) in [5.41, 5.74) is 13.5. The molecule has 0 bridgehead atoms. The topological polar surface area (TPSA) is 524 Å². The molecule has 32 nitrogen and oxygen atoms in total. The molecule has 20 N–H and O–H groups in total. The van der Waals surface area contributed by atoms with Crippen LogP contribution in [-0.2, 0) is 92.8 Å². The van der Waals surface area contributed by atoms with Crippen molar-refractivity contribution in [1.82, 2.24) is 58.5 Å². The van der Waals surface area contributed by atoms with Gasteiger partial charge in [0.25, 0.3) is 0 Å². The number of thioether (sulfide) groups is 1. The molecule has 1 saturated heterocycles. The maximum Gasteiger partial charge on any atom is 0.305 e. The predicted octanol–water partition coefficient (Wildman–Crippen LogP) is -2.38. The van der Waals surface area contributed by atoms with Gasteiger partial charge in [-0.15, -0.1) is 0 Å². The van der Waals surface area contributed by atoms with Gasteiger partial charge in [-0.05, 0) is 96.3 Å². The van der Waals surface area contributed by atoms with Crippen molar-refractivity contribution >= 4 is 116 Å². The number of rotatable bonds is 27. The highest BCUT2D eigenvalue weighted by molar-refractivity contribution is 8.76. The fourth-order valence-corrected chi connectivity index (χ4v) is 12.5. The van der Waals surface area contributed by atoms with Gasteiger partial charge >= 0.3 is 11.9 Å². The van der Waals surface area contributed by atoms with E-state index in [9.17, 15) is 87.9 Å². The Kier molecular flexibility index (Phi) is 32.3. The Morgan fingerprint density at radius 3 is 1.63 bits per heavy atom. The van der Waals surface area contributed by atoms with E-state index in [-0.39, 0.29) is 55.1 Å². The lowest BCUT2D eigenvalue weighted by Crippen LogP contribution is -2.61. The number of hydrogen-bond acceptors (Lipinski definition) is 21. The fourth-order valence-electron chi connectivity index (χ4n) is 9.73. The lowest BCUT2D eigenvalue weighted by atomic mass is 10.0. The van der Waals surface area contributed by atoms with Gasteiger partial charge in [0.2, 0.25) is 70.9 Å². The van der Waals surface area contributed by atoms with Crippen LogP contribution in [0.2, 0.25) is 0 Å². The first kappa shape index (κ1) is 80.6. The molecule has 0 aliphatic carbocycles. The Morgan fingerprint density at radius 2 is 1.07 bits per heavy atom. The number of phenolic OH excluding ortho intramolecular Hbond substituents is 3. The van der Waals surface area contributed by atoms with Crippen LogP contribution in [0.15, 0.2) is 103 Å². The van der Waals surface area contributed by atoms with Crippen LogP contribution in [0.1, 0.15) is 62.3 Å². The molecule has 0 saturated carbocycles. The fraction of sp³-hybridized carbons (Fsp3) is 0.415. The van der Waals surface area contributed by atoms with Crippen LogP contribution >= 0.6 is 33.3 Å². The summed E-state index contributed by atoms with van der Waals surface area (Å²) in [6.45, 7) is 3.47. The number of carbonyl (C=O) groups is 14. The summed E-state index contributed by atoms with van der Waals surface area (Å²) in [4.78, 5) is 193. The van der Waals surface area contributed by atoms with Crippen molar-refractivity contribution in [3.63, 3.8) is 0 Å². The van der Waals surface area contributed by atoms with E-state index in [0.717, 1.165) is 21.6 Å². The molecule has 0 radical (unpaired) electrons. The first-order valence-corrected chi connectivity index (χ1v) is 35.2. The lowest BCUT2D eigenvalue weighted by molar-refractivity contribution is -0.142. The van der Waals surface area contributed by atoms with E-state index in [0.29, 0.717) is 22.3 Å². The minimum Gasteiger partial charge on any atom is -0.508 e. The molecular formula is C65H83N13O19S3. The van der Waals surface area contributed by atoms with Crippen molar-refractivity contribution in [2.24, 2.45) is 17.4 Å². The third kappa shape index (κ3) is 27.3. The molecule has 540 valence electrons. The van der Waals surface area contributed by atoms with Gasteiger partial charge in [0, 0.05) is 30.8 Å². The van der Waals surface area contributed by atoms with E-state index in [1.54, 1.807) is 50.4 Å². The second-order valence-electron chi connectivity index (χ2n) is 23.6. The van der Waals surface area contributed by atoms with E-state index < -0.39 is 186 Å². The lowest BCUT2D eigenvalue weighted by Gasteiger charge is -2.28. The Hall–Kier alpha value is -10.1. The summed E-state index contributed by atoms with van der Waals surface area (Å²) in [5.74, 6) is -17.3. The van der Waals surface area contributed by atoms with Crippen LogP contribution in [0.4, 0.5) is 0 Å². The molecule has 100 heavy (non-hydrogen) atoms. The smallest absolute Gasteiger partial charge is 0.305 e. The van der Waals surface area contributed by atoms with Crippen LogP contribution in [0, 0.1) is 5.92 Å². The number of benzene rings is 4. The average Bonchev–Trinajstić information content (AvgIpc) is 0.898. The van der Waals surface area contributed by atoms with Gasteiger partial charge in [-0.2, -0.15) is 11.8 Å². The number of nitrogens with one attached hydrogen (secondary N) is 11. The molecule has 5 rings (SSSR count). The first-order valence-electron chi connectivity index (χ1n) is 31.3. The minimum atomic E-state index is -1.93. The van der Waals surface area contributed by atoms with Gasteiger partial charge in [0.05, 0.1) is 25.4 Å². The molecule has 1 aliphatic heterocycles. The SMILES string of the molecule is CSCC[C@H](NC(=O)[C@H](Cc1ccc(O)cc1)NC(=O)[C@@H]1CSSC[C@H](NC(=O)[C@@H](N)Cc2ccc(O)cc2)C(=O)N[C@@H](CC(=O)O)C(=O)NCC(=O)N[C@@H](Cc2ccccc2)C(=O)N[C@@H](Cc2ccc(O)cc2)C(=O)N[C@@H](C)C(=O)N1)C(=O)N[C@@H](CC(=O)O)C(=O)N[C@H](C(N)=O)C(C)C. The Morgan fingerprint density at radius 1 is 0.560 bits per heavy atom. The van der Waals surface area contributed by atoms with Gasteiger partial charge in [-0.3, -0.25) is 67.1 Å². The first-order chi connectivity index (χ1) is 47.4. The number of primary amides is 1. The summed E-state index contributed by atoms with van der Waals surface area (Å²) in [6.07, 6.45) is -1.51. The number of carboxylic acid groups (broad SMARTS) is 2. The van der Waals surface area contributed by atoms with E-state index in [1.807, 2.05) is 0 Å². The van der Waals surface area contributed by atoms with Crippen LogP contribution in [0.5, 0.6) is 17.2 Å². The zero-order chi connectivity index (χ0) is 73.8. The van der Waals surface area contributed by atoms with Crippen molar-refractivity contribution in [2.45, 2.75) is 132 Å². The molecule has 1 fully saturated rings. The van der Waals surface area contributed by atoms with E-state index in [2.05, 4.69) is 58.5 Å². The molecule has 0 aromatic heterocycles. The Bertz CT molecular complexity index is 3540. The number of aromatic hydroxyl groups is 3. The molecule has 1 aliphatic rings. The summed E-state index contributed by atoms with van der Waals surface area (Å²) in [7, 11) is 1.59. The number of nitrogens with two attached hydrogens (primary N) is 2. The van der Waals surface area contributed by atoms with Crippen LogP contribution in [0.3, 0.4) is 0 Å². The van der Waals surface area contributed by atoms with Gasteiger partial charge in [-0.1, -0.05) is 102 Å². The normalized spacial score (nSPS) is 19.9. The summed E-state index contributed by atoms with van der Waals surface area (Å²) in [5, 5.41) is 77.0. The summed E-state index contributed by atoms with van der Waals surface area (Å²) >= 11 is 1.24. The largest absolute Gasteiger partial charge is 0.508 e. The van der Waals surface area contributed by atoms with Gasteiger partial charge < -0.3 is 95.5 Å². The number of hydrogen-bond donors (Lipinski definition) is 18. The number of carbonyl (C=O) groups excluding carboxylic acids is 12. The van der Waals surface area contributed by atoms with Gasteiger partial charge in [0.1, 0.15) is 77.7 Å². The molecule has 11 atom stereocenters. The van der Waals surface area contributed by atoms with Gasteiger partial charge in [-0.25, -0.2) is 0 Å². The maximum atomic E-state index is 15.0. The quantitative estimate of drug-likeness (QED) is 0.0277. The van der Waals surface area contributed by atoms with Crippen LogP contribution < -0.4 is 70.0 Å². The van der Waals surface area contributed by atoms with Crippen molar-refractivity contribution < 1.29 is 92.7 Å². The number of phenols is 3. The Balaban J connectivity index is 1.57. The summed E-state index contributed by atoms with van der Waals surface area (Å²) < 4.78 is 0. The van der Waals surface area contributed by atoms with Crippen molar-refractivity contribution in [2.75, 3.05) is 30.1 Å². The standard InChI is InChI=1S/C65H83N13O19S3/c1-33(2)54(55(67)87)78-63(95)48(29-53(85)86)75-59(91)43(22-23-98-4)71-62(94)46(27-38-14-20-41(81)21-15-38)73-64(96)49-31-99-100-32-50(77-57(89)42(66)24-36-10-16-39(79)17-11-36)65(97)74-47(28-52(83)84)58(90)68-30-51(82)70-44(25-35-8-6-5-7-9-35)61(93)72-45(26-37-12-18-40(80)19-13-37)60(92)69-34(3)56(88)76-49/h5-21,33-34,42-50,54,79-81H,22-32,66H2,1-4H3,(H2,67,87)(H,68,90)(H,69,92)(H,70,82)(H,71,94)(H,72,93)(H,73,96)(H,74,97)(H,75,91)(H,76,88)(H,77,89)(H,78,95)(H,83,84)(H,85,86)/t34-,42-,43-,44-,45-,46-,47-,48-,49-,50-,54-/m0/s1. The average molecular weight is 1450 g/mol. The van der Waals surface area contributed by atoms with Crippen molar-refractivity contribution in [3.8, 4) is 17.2 Å². The molecule has 4 aromatic carbocycles. The molecule has 0 unspecified atom stereocenters. The molecular weight excluding hydrogens is 1360 g/mol. The van der Waals surface area contributed by atoms with Crippen LogP contribution in [0.25, 0.3) is 0 Å². The highest BCUT2D eigenvalue weighted by atomic mass is 33.1. The van der Waals surface area contributed by atoms with E-state index in [1.165, 1.54) is 91.5 Å². The van der Waals surface area contributed by atoms with Crippen LogP contribution in [-0.4, -0.2) is 205 Å². The Labute approximate surface area is 586 Å². The van der Waals surface area contributed by atoms with Crippen molar-refractivity contribution in [3.05, 3.63) is 125 Å². The van der Waals surface area contributed by atoms with Crippen molar-refractivity contribution in [1.29, 1.82) is 0 Å². The van der Waals surface area contributed by atoms with E-state index in [4.69, 9.17) is 11.5 Å². The number of carboxylic acids is 2. The molecule has 1 heterocycles. The third-order valence-corrected chi connectivity index (χ3v) is 18.3. The zero-order valence-corrected chi connectivity index (χ0v) is 57.3. The highest BCUT2D eigenvalue weighted by Gasteiger charge is 2.37. The molecule has 0 spiro atoms. The molecule has 4 aromatic rings. The van der Waals surface area contributed by atoms with E-state index >= 15 is 4.79 Å². The maximum absolute atomic E-state index is 15.0. The monoisotopic (exact) mass is 1450 g/mol. The number of aliphatic carboxylic acids is 2. The predicted molar refractivity (Wildman–Crippen MR) is 368 cm³/mol. The number of amides is 12. The zero-order valence-electron chi connectivity index (χ0n) is 54.9. The second-order valence-corrected chi connectivity index (χ2v) is 27.1. The second kappa shape index (κ2) is 40.1. The molecule has 35 heteroatoms. The third-order valence-electron chi connectivity index (χ3n) is 15.2. The minimum absolute atomic E-state index is 0.0811. The molecule has 12 amide bonds. The highest BCUT2D eigenvalue weighted by Crippen LogP contribution is 2.24.